The maximum atomic E-state index is 10.5. The van der Waals surface area contributed by atoms with Gasteiger partial charge in [0.05, 0.1) is 5.41 Å². The first-order valence-electron chi connectivity index (χ1n) is 2.48. The highest BCUT2D eigenvalue weighted by atomic mass is 35.5. The lowest BCUT2D eigenvalue weighted by Crippen LogP contribution is -2.11. The summed E-state index contributed by atoms with van der Waals surface area (Å²) in [5.41, 5.74) is -0.697. The fraction of sp³-hybridized carbons (Fsp3) is 0.800. The lowest BCUT2D eigenvalue weighted by atomic mass is 10.2. The van der Waals surface area contributed by atoms with Gasteiger partial charge in [0.15, 0.2) is 0 Å². The van der Waals surface area contributed by atoms with E-state index in [9.17, 15) is 4.79 Å². The maximum Gasteiger partial charge on any atom is 0.230 e. The molecule has 0 amide bonds. The van der Waals surface area contributed by atoms with E-state index in [1.165, 1.54) is 0 Å². The third-order valence-electron chi connectivity index (χ3n) is 1.69. The molecule has 0 unspecified atom stereocenters. The Hall–Kier alpha value is 0.540. The molecule has 0 spiro atoms. The maximum absolute atomic E-state index is 10.5. The zero-order chi connectivity index (χ0) is 7.28. The van der Waals surface area contributed by atoms with Gasteiger partial charge in [0, 0.05) is 0 Å². The SMILES string of the molecule is C[C@@]1(C(=O)Cl)CC1(Cl)Cl. The summed E-state index contributed by atoms with van der Waals surface area (Å²) in [5, 5.41) is -0.451. The highest BCUT2D eigenvalue weighted by molar-refractivity contribution is 6.68. The van der Waals surface area contributed by atoms with Crippen LogP contribution in [0.5, 0.6) is 0 Å². The molecule has 1 atom stereocenters. The monoisotopic (exact) mass is 186 g/mol. The second-order valence-electron chi connectivity index (χ2n) is 2.49. The standard InChI is InChI=1S/C5H5Cl3O/c1-4(3(6)9)2-5(4,7)8/h2H2,1H3/t4-/m0/s1. The molecule has 9 heavy (non-hydrogen) atoms. The predicted octanol–water partition coefficient (Wildman–Crippen LogP) is 2.34. The summed E-state index contributed by atoms with van der Waals surface area (Å²) in [7, 11) is 0. The van der Waals surface area contributed by atoms with E-state index in [1.807, 2.05) is 0 Å². The average Bonchev–Trinajstić information content (AvgIpc) is 2.08. The van der Waals surface area contributed by atoms with Crippen molar-refractivity contribution < 1.29 is 4.79 Å². The van der Waals surface area contributed by atoms with E-state index >= 15 is 0 Å². The Labute approximate surface area is 68.3 Å². The molecule has 1 nitrogen and oxygen atoms in total. The zero-order valence-electron chi connectivity index (χ0n) is 4.75. The van der Waals surface area contributed by atoms with E-state index in [0.29, 0.717) is 6.42 Å². The Bertz CT molecular complexity index is 166. The number of hydrogen-bond acceptors (Lipinski definition) is 1. The van der Waals surface area contributed by atoms with Gasteiger partial charge in [-0.15, -0.1) is 23.2 Å². The van der Waals surface area contributed by atoms with Crippen molar-refractivity contribution in [3.63, 3.8) is 0 Å². The Balaban J connectivity index is 2.74. The first-order chi connectivity index (χ1) is 3.90. The summed E-state index contributed by atoms with van der Waals surface area (Å²) in [6.07, 6.45) is 0.464. The third-order valence-corrected chi connectivity index (χ3v) is 3.21. The van der Waals surface area contributed by atoms with Crippen molar-refractivity contribution in [2.45, 2.75) is 17.7 Å². The van der Waals surface area contributed by atoms with Crippen LogP contribution >= 0.6 is 34.8 Å². The molecular formula is C5H5Cl3O. The lowest BCUT2D eigenvalue weighted by molar-refractivity contribution is -0.115. The number of alkyl halides is 2. The number of carbonyl (C=O) groups is 1. The van der Waals surface area contributed by atoms with E-state index in [0.717, 1.165) is 0 Å². The normalized spacial score (nSPS) is 38.2. The van der Waals surface area contributed by atoms with Gasteiger partial charge < -0.3 is 0 Å². The van der Waals surface area contributed by atoms with Gasteiger partial charge in [-0.05, 0) is 24.9 Å². The highest BCUT2D eigenvalue weighted by Gasteiger charge is 2.67. The van der Waals surface area contributed by atoms with E-state index < -0.39 is 15.0 Å². The molecule has 1 aliphatic carbocycles. The fourth-order valence-corrected chi connectivity index (χ4v) is 1.64. The molecule has 0 aromatic heterocycles. The molecule has 1 saturated carbocycles. The van der Waals surface area contributed by atoms with Crippen molar-refractivity contribution in [2.75, 3.05) is 0 Å². The Morgan fingerprint density at radius 3 is 1.89 bits per heavy atom. The summed E-state index contributed by atoms with van der Waals surface area (Å²) in [6.45, 7) is 1.66. The summed E-state index contributed by atoms with van der Waals surface area (Å²) in [5.74, 6) is 0. The van der Waals surface area contributed by atoms with E-state index in [-0.39, 0.29) is 0 Å². The van der Waals surface area contributed by atoms with Gasteiger partial charge >= 0.3 is 0 Å². The molecule has 0 N–H and O–H groups in total. The van der Waals surface area contributed by atoms with Gasteiger partial charge in [-0.2, -0.15) is 0 Å². The van der Waals surface area contributed by atoms with Crippen LogP contribution in [0.15, 0.2) is 0 Å². The molecule has 0 radical (unpaired) electrons. The van der Waals surface area contributed by atoms with Crippen molar-refractivity contribution in [3.8, 4) is 0 Å². The van der Waals surface area contributed by atoms with E-state index in [4.69, 9.17) is 34.8 Å². The number of rotatable bonds is 1. The zero-order valence-corrected chi connectivity index (χ0v) is 7.02. The van der Waals surface area contributed by atoms with Crippen LogP contribution in [0, 0.1) is 5.41 Å². The van der Waals surface area contributed by atoms with Crippen LogP contribution in [0.2, 0.25) is 0 Å². The first kappa shape index (κ1) is 7.64. The second-order valence-corrected chi connectivity index (χ2v) is 4.31. The highest BCUT2D eigenvalue weighted by Crippen LogP contribution is 2.64. The van der Waals surface area contributed by atoms with Gasteiger partial charge in [0.2, 0.25) is 5.24 Å². The minimum atomic E-state index is -0.911. The largest absolute Gasteiger partial charge is 0.281 e. The van der Waals surface area contributed by atoms with Crippen LogP contribution < -0.4 is 0 Å². The molecular weight excluding hydrogens is 182 g/mol. The van der Waals surface area contributed by atoms with Crippen LogP contribution in [0.1, 0.15) is 13.3 Å². The fourth-order valence-electron chi connectivity index (χ4n) is 0.613. The molecule has 1 aliphatic rings. The van der Waals surface area contributed by atoms with Gasteiger partial charge in [0.25, 0.3) is 0 Å². The quantitative estimate of drug-likeness (QED) is 0.455. The van der Waals surface area contributed by atoms with Crippen LogP contribution in [0.4, 0.5) is 0 Å². The molecule has 0 heterocycles. The first-order valence-corrected chi connectivity index (χ1v) is 3.61. The minimum absolute atomic E-state index is 0.451. The molecule has 1 fully saturated rings. The Kier molecular flexibility index (Phi) is 1.51. The number of halogens is 3. The van der Waals surface area contributed by atoms with Crippen molar-refractivity contribution in [2.24, 2.45) is 5.41 Å². The molecule has 0 saturated heterocycles. The molecule has 0 bridgehead atoms. The van der Waals surface area contributed by atoms with Crippen LogP contribution in [0.3, 0.4) is 0 Å². The molecule has 0 aromatic rings. The summed E-state index contributed by atoms with van der Waals surface area (Å²) in [6, 6.07) is 0. The van der Waals surface area contributed by atoms with E-state index in [2.05, 4.69) is 0 Å². The third kappa shape index (κ3) is 0.957. The Morgan fingerprint density at radius 1 is 1.56 bits per heavy atom. The molecule has 0 aromatic carbocycles. The van der Waals surface area contributed by atoms with Crippen molar-refractivity contribution in [1.82, 2.24) is 0 Å². The lowest BCUT2D eigenvalue weighted by Gasteiger charge is -2.02. The second kappa shape index (κ2) is 1.77. The molecule has 4 heteroatoms. The minimum Gasteiger partial charge on any atom is -0.281 e. The van der Waals surface area contributed by atoms with Crippen molar-refractivity contribution >= 4 is 40.0 Å². The van der Waals surface area contributed by atoms with Crippen LogP contribution in [-0.4, -0.2) is 9.58 Å². The summed E-state index contributed by atoms with van der Waals surface area (Å²) >= 11 is 16.4. The van der Waals surface area contributed by atoms with Crippen molar-refractivity contribution in [1.29, 1.82) is 0 Å². The smallest absolute Gasteiger partial charge is 0.230 e. The van der Waals surface area contributed by atoms with Gasteiger partial charge in [-0.25, -0.2) is 0 Å². The predicted molar refractivity (Wildman–Crippen MR) is 38.0 cm³/mol. The van der Waals surface area contributed by atoms with Crippen molar-refractivity contribution in [3.05, 3.63) is 0 Å². The Morgan fingerprint density at radius 2 is 1.89 bits per heavy atom. The van der Waals surface area contributed by atoms with Gasteiger partial charge in [0.1, 0.15) is 4.33 Å². The summed E-state index contributed by atoms with van der Waals surface area (Å²) in [4.78, 5) is 10.5. The van der Waals surface area contributed by atoms with Gasteiger partial charge in [-0.1, -0.05) is 0 Å². The van der Waals surface area contributed by atoms with E-state index in [1.54, 1.807) is 6.92 Å². The van der Waals surface area contributed by atoms with Crippen LogP contribution in [-0.2, 0) is 4.79 Å². The van der Waals surface area contributed by atoms with Gasteiger partial charge in [-0.3, -0.25) is 4.79 Å². The summed E-state index contributed by atoms with van der Waals surface area (Å²) < 4.78 is -0.911. The van der Waals surface area contributed by atoms with Crippen LogP contribution in [0.25, 0.3) is 0 Å². The molecule has 52 valence electrons. The molecule has 0 aliphatic heterocycles. The molecule has 1 rings (SSSR count). The topological polar surface area (TPSA) is 17.1 Å². The average molecular weight is 187 g/mol. The number of hydrogen-bond donors (Lipinski definition) is 0. The number of carbonyl (C=O) groups excluding carboxylic acids is 1.